The number of nitrogens with zero attached hydrogens (tertiary/aromatic N) is 2. The van der Waals surface area contributed by atoms with Crippen LogP contribution in [0.5, 0.6) is 0 Å². The van der Waals surface area contributed by atoms with E-state index in [-0.39, 0.29) is 17.2 Å². The molecular formula is C22H19F2N3O2. The standard InChI is InChI=1S/C22H19F2N3O2/c1-13-4-2-5-14-18(13)15(20-22(11-29-20)9-27(10-22)12-28)8-25-21(14)26-17-7-3-6-16(23)19(17)24/h2-8,12,20H,9-11H2,1H3,(H,25,26). The average molecular weight is 395 g/mol. The second kappa shape index (κ2) is 6.49. The molecule has 1 amide bonds. The topological polar surface area (TPSA) is 54.5 Å². The molecule has 1 aromatic heterocycles. The molecule has 1 N–H and O–H groups in total. The molecule has 7 heteroatoms. The molecule has 0 aliphatic carbocycles. The minimum Gasteiger partial charge on any atom is -0.372 e. The minimum atomic E-state index is -0.941. The molecule has 1 unspecified atom stereocenters. The zero-order valence-electron chi connectivity index (χ0n) is 15.8. The third kappa shape index (κ3) is 2.68. The van der Waals surface area contributed by atoms with Gasteiger partial charge in [-0.3, -0.25) is 4.79 Å². The van der Waals surface area contributed by atoms with Crippen molar-refractivity contribution in [1.82, 2.24) is 9.88 Å². The second-order valence-electron chi connectivity index (χ2n) is 7.85. The van der Waals surface area contributed by atoms with Crippen LogP contribution in [-0.2, 0) is 9.53 Å². The number of carbonyl (C=O) groups is 1. The number of likely N-dealkylation sites (tertiary alicyclic amines) is 1. The highest BCUT2D eigenvalue weighted by Gasteiger charge is 2.57. The summed E-state index contributed by atoms with van der Waals surface area (Å²) in [6.45, 7) is 3.96. The van der Waals surface area contributed by atoms with Gasteiger partial charge < -0.3 is 15.0 Å². The molecule has 5 rings (SSSR count). The molecule has 1 spiro atoms. The van der Waals surface area contributed by atoms with Gasteiger partial charge in [-0.15, -0.1) is 0 Å². The van der Waals surface area contributed by atoms with Crippen LogP contribution >= 0.6 is 0 Å². The van der Waals surface area contributed by atoms with Crippen LogP contribution in [-0.4, -0.2) is 36.0 Å². The van der Waals surface area contributed by atoms with Crippen molar-refractivity contribution < 1.29 is 18.3 Å². The Labute approximate surface area is 166 Å². The average Bonchev–Trinajstić information content (AvgIpc) is 2.66. The number of hydrogen-bond donors (Lipinski definition) is 1. The first-order chi connectivity index (χ1) is 14.0. The van der Waals surface area contributed by atoms with Gasteiger partial charge in [-0.05, 0) is 30.0 Å². The summed E-state index contributed by atoms with van der Waals surface area (Å²) in [5.41, 5.74) is 1.96. The largest absolute Gasteiger partial charge is 0.372 e. The van der Waals surface area contributed by atoms with Gasteiger partial charge in [0.25, 0.3) is 0 Å². The van der Waals surface area contributed by atoms with Crippen molar-refractivity contribution in [1.29, 1.82) is 0 Å². The van der Waals surface area contributed by atoms with Crippen molar-refractivity contribution >= 4 is 28.7 Å². The first kappa shape index (κ1) is 18.0. The highest BCUT2D eigenvalue weighted by atomic mass is 19.2. The van der Waals surface area contributed by atoms with Gasteiger partial charge in [-0.1, -0.05) is 24.3 Å². The van der Waals surface area contributed by atoms with Gasteiger partial charge in [0.1, 0.15) is 5.82 Å². The quantitative estimate of drug-likeness (QED) is 0.676. The Morgan fingerprint density at radius 2 is 2.03 bits per heavy atom. The number of amides is 1. The fourth-order valence-corrected chi connectivity index (χ4v) is 4.46. The molecule has 0 radical (unpaired) electrons. The minimum absolute atomic E-state index is 0.0324. The highest BCUT2D eigenvalue weighted by molar-refractivity contribution is 5.97. The van der Waals surface area contributed by atoms with Crippen molar-refractivity contribution in [2.45, 2.75) is 13.0 Å². The molecule has 2 saturated heterocycles. The summed E-state index contributed by atoms with van der Waals surface area (Å²) in [4.78, 5) is 17.3. The maximum Gasteiger partial charge on any atom is 0.209 e. The fraction of sp³-hybridized carbons (Fsp3) is 0.273. The number of pyridine rings is 1. The Balaban J connectivity index is 1.58. The Morgan fingerprint density at radius 1 is 1.24 bits per heavy atom. The van der Waals surface area contributed by atoms with Crippen molar-refractivity contribution in [3.63, 3.8) is 0 Å². The van der Waals surface area contributed by atoms with E-state index in [1.54, 1.807) is 11.1 Å². The van der Waals surface area contributed by atoms with Crippen molar-refractivity contribution in [3.05, 3.63) is 65.4 Å². The van der Waals surface area contributed by atoms with E-state index in [2.05, 4.69) is 10.3 Å². The lowest BCUT2D eigenvalue weighted by Crippen LogP contribution is -2.66. The van der Waals surface area contributed by atoms with E-state index in [9.17, 15) is 13.6 Å². The Kier molecular flexibility index (Phi) is 4.03. The lowest BCUT2D eigenvalue weighted by Gasteiger charge is -2.59. The molecule has 3 aromatic rings. The van der Waals surface area contributed by atoms with Crippen molar-refractivity contribution in [2.24, 2.45) is 5.41 Å². The first-order valence-corrected chi connectivity index (χ1v) is 9.43. The maximum absolute atomic E-state index is 14.1. The SMILES string of the molecule is Cc1cccc2c(Nc3cccc(F)c3F)ncc(C3OCC34CN(C=O)C4)c12. The Morgan fingerprint density at radius 3 is 2.76 bits per heavy atom. The number of ether oxygens (including phenoxy) is 1. The van der Waals surface area contributed by atoms with Crippen molar-refractivity contribution in [3.8, 4) is 0 Å². The molecular weight excluding hydrogens is 376 g/mol. The van der Waals surface area contributed by atoms with Gasteiger partial charge in [0.2, 0.25) is 6.41 Å². The van der Waals surface area contributed by atoms with Gasteiger partial charge in [0.15, 0.2) is 11.6 Å². The predicted octanol–water partition coefficient (Wildman–Crippen LogP) is 4.09. The van der Waals surface area contributed by atoms with Gasteiger partial charge in [-0.25, -0.2) is 13.8 Å². The second-order valence-corrected chi connectivity index (χ2v) is 7.85. The molecule has 2 aromatic carbocycles. The number of aromatic nitrogens is 1. The third-order valence-electron chi connectivity index (χ3n) is 5.92. The number of benzene rings is 2. The van der Waals surface area contributed by atoms with E-state index in [4.69, 9.17) is 4.74 Å². The molecule has 5 nitrogen and oxygen atoms in total. The van der Waals surface area contributed by atoms with Gasteiger partial charge in [-0.2, -0.15) is 0 Å². The molecule has 148 valence electrons. The lowest BCUT2D eigenvalue weighted by molar-refractivity contribution is -0.244. The molecule has 2 fully saturated rings. The third-order valence-corrected chi connectivity index (χ3v) is 5.92. The Hall–Kier alpha value is -3.06. The number of aryl methyl sites for hydroxylation is 1. The predicted molar refractivity (Wildman–Crippen MR) is 105 cm³/mol. The summed E-state index contributed by atoms with van der Waals surface area (Å²) in [7, 11) is 0. The summed E-state index contributed by atoms with van der Waals surface area (Å²) in [6.07, 6.45) is 2.46. The van der Waals surface area contributed by atoms with E-state index in [1.807, 2.05) is 25.1 Å². The monoisotopic (exact) mass is 395 g/mol. The normalized spacial score (nSPS) is 19.7. The maximum atomic E-state index is 14.1. The van der Waals surface area contributed by atoms with E-state index < -0.39 is 11.6 Å². The number of fused-ring (bicyclic) bond motifs is 1. The van der Waals surface area contributed by atoms with Gasteiger partial charge in [0.05, 0.1) is 23.8 Å². The number of hydrogen-bond acceptors (Lipinski definition) is 4. The van der Waals surface area contributed by atoms with Crippen LogP contribution < -0.4 is 5.32 Å². The molecule has 2 aliphatic heterocycles. The van der Waals surface area contributed by atoms with E-state index in [0.29, 0.717) is 25.5 Å². The molecule has 3 heterocycles. The van der Waals surface area contributed by atoms with E-state index in [1.165, 1.54) is 12.1 Å². The molecule has 1 atom stereocenters. The lowest BCUT2D eigenvalue weighted by atomic mass is 9.69. The van der Waals surface area contributed by atoms with Crippen LogP contribution in [0.25, 0.3) is 10.8 Å². The number of nitrogens with one attached hydrogen (secondary N) is 1. The Bertz CT molecular complexity index is 1130. The molecule has 2 aliphatic rings. The van der Waals surface area contributed by atoms with Crippen LogP contribution in [0, 0.1) is 24.0 Å². The van der Waals surface area contributed by atoms with E-state index in [0.717, 1.165) is 34.4 Å². The van der Waals surface area contributed by atoms with Crippen LogP contribution in [0.1, 0.15) is 17.2 Å². The molecule has 0 bridgehead atoms. The van der Waals surface area contributed by atoms with Gasteiger partial charge in [0, 0.05) is 30.2 Å². The van der Waals surface area contributed by atoms with Crippen LogP contribution in [0.3, 0.4) is 0 Å². The van der Waals surface area contributed by atoms with Gasteiger partial charge >= 0.3 is 0 Å². The summed E-state index contributed by atoms with van der Waals surface area (Å²) in [6, 6.07) is 9.81. The number of rotatable bonds is 4. The first-order valence-electron chi connectivity index (χ1n) is 9.43. The molecule has 29 heavy (non-hydrogen) atoms. The van der Waals surface area contributed by atoms with Crippen LogP contribution in [0.4, 0.5) is 20.3 Å². The zero-order valence-corrected chi connectivity index (χ0v) is 15.8. The number of anilines is 2. The smallest absolute Gasteiger partial charge is 0.209 e. The summed E-state index contributed by atoms with van der Waals surface area (Å²) < 4.78 is 33.7. The summed E-state index contributed by atoms with van der Waals surface area (Å²) >= 11 is 0. The number of carbonyl (C=O) groups excluding carboxylic acids is 1. The van der Waals surface area contributed by atoms with Crippen LogP contribution in [0.2, 0.25) is 0 Å². The summed E-state index contributed by atoms with van der Waals surface area (Å²) in [5, 5.41) is 4.72. The van der Waals surface area contributed by atoms with E-state index >= 15 is 0 Å². The molecule has 0 saturated carbocycles. The number of halogens is 2. The summed E-state index contributed by atoms with van der Waals surface area (Å²) in [5.74, 6) is -1.40. The highest BCUT2D eigenvalue weighted by Crippen LogP contribution is 2.53. The van der Waals surface area contributed by atoms with Crippen LogP contribution in [0.15, 0.2) is 42.6 Å². The fourth-order valence-electron chi connectivity index (χ4n) is 4.46. The zero-order chi connectivity index (χ0) is 20.2. The van der Waals surface area contributed by atoms with Crippen molar-refractivity contribution in [2.75, 3.05) is 25.0 Å².